The van der Waals surface area contributed by atoms with E-state index in [1.54, 1.807) is 0 Å². The molecule has 4 heteroatoms. The Hall–Kier alpha value is -1.65. The van der Waals surface area contributed by atoms with Crippen molar-refractivity contribution in [3.05, 3.63) is 53.4 Å². The summed E-state index contributed by atoms with van der Waals surface area (Å²) < 4.78 is 10.9. The number of rotatable bonds is 7. The third kappa shape index (κ3) is 3.76. The fraction of sp³-hybridized carbons (Fsp3) is 0.500. The number of nitrogens with zero attached hydrogens (tertiary/aromatic N) is 1. The van der Waals surface area contributed by atoms with Crippen LogP contribution in [0.2, 0.25) is 0 Å². The van der Waals surface area contributed by atoms with Gasteiger partial charge in [0.2, 0.25) is 0 Å². The van der Waals surface area contributed by atoms with Gasteiger partial charge >= 0.3 is 0 Å². The average molecular weight is 300 g/mol. The largest absolute Gasteiger partial charge is 0.377 e. The second-order valence-electron chi connectivity index (χ2n) is 6.67. The van der Waals surface area contributed by atoms with E-state index in [2.05, 4.69) is 54.7 Å². The molecule has 0 radical (unpaired) electrons. The first-order valence-electron chi connectivity index (χ1n) is 7.96. The molecule has 0 unspecified atom stereocenters. The predicted molar refractivity (Wildman–Crippen MR) is 85.6 cm³/mol. The molecule has 0 atom stereocenters. The van der Waals surface area contributed by atoms with Gasteiger partial charge in [0.15, 0.2) is 0 Å². The zero-order valence-corrected chi connectivity index (χ0v) is 13.3. The SMILES string of the molecule is CC(C)Cc1cc(CC2(NCc3ccccc3)COC2)no1. The van der Waals surface area contributed by atoms with Gasteiger partial charge in [-0.3, -0.25) is 0 Å². The first-order chi connectivity index (χ1) is 10.7. The Morgan fingerprint density at radius 2 is 2.00 bits per heavy atom. The molecule has 0 saturated carbocycles. The molecular formula is C18H24N2O2. The summed E-state index contributed by atoms with van der Waals surface area (Å²) in [5, 5.41) is 7.86. The van der Waals surface area contributed by atoms with Gasteiger partial charge in [0.1, 0.15) is 5.76 Å². The van der Waals surface area contributed by atoms with Crippen LogP contribution >= 0.6 is 0 Å². The molecule has 1 fully saturated rings. The van der Waals surface area contributed by atoms with Gasteiger partial charge in [-0.25, -0.2) is 0 Å². The van der Waals surface area contributed by atoms with Crippen molar-refractivity contribution < 1.29 is 9.26 Å². The number of nitrogens with one attached hydrogen (secondary N) is 1. The summed E-state index contributed by atoms with van der Waals surface area (Å²) in [6.45, 7) is 6.68. The molecule has 3 rings (SSSR count). The van der Waals surface area contributed by atoms with Crippen LogP contribution in [0.4, 0.5) is 0 Å². The maximum absolute atomic E-state index is 5.45. The fourth-order valence-corrected chi connectivity index (χ4v) is 2.78. The van der Waals surface area contributed by atoms with Gasteiger partial charge in [-0.05, 0) is 11.5 Å². The molecule has 1 aliphatic heterocycles. The minimum absolute atomic E-state index is 0.0121. The molecule has 0 spiro atoms. The van der Waals surface area contributed by atoms with Crippen LogP contribution in [0.1, 0.15) is 30.9 Å². The highest BCUT2D eigenvalue weighted by molar-refractivity contribution is 5.17. The lowest BCUT2D eigenvalue weighted by molar-refractivity contribution is -0.0755. The maximum Gasteiger partial charge on any atom is 0.137 e. The zero-order valence-electron chi connectivity index (χ0n) is 13.3. The van der Waals surface area contributed by atoms with Crippen LogP contribution < -0.4 is 5.32 Å². The molecule has 1 aromatic heterocycles. The molecular weight excluding hydrogens is 276 g/mol. The van der Waals surface area contributed by atoms with Crippen LogP contribution in [0.15, 0.2) is 40.9 Å². The van der Waals surface area contributed by atoms with Gasteiger partial charge in [-0.15, -0.1) is 0 Å². The summed E-state index contributed by atoms with van der Waals surface area (Å²) >= 11 is 0. The van der Waals surface area contributed by atoms with Gasteiger partial charge in [0.05, 0.1) is 24.4 Å². The first kappa shape index (κ1) is 15.3. The number of hydrogen-bond acceptors (Lipinski definition) is 4. The molecule has 2 aromatic rings. The third-order valence-electron chi connectivity index (χ3n) is 4.00. The van der Waals surface area contributed by atoms with Crippen molar-refractivity contribution >= 4 is 0 Å². The van der Waals surface area contributed by atoms with Crippen LogP contribution in [-0.4, -0.2) is 23.9 Å². The highest BCUT2D eigenvalue weighted by Gasteiger charge is 2.39. The van der Waals surface area contributed by atoms with Crippen molar-refractivity contribution in [3.8, 4) is 0 Å². The fourth-order valence-electron chi connectivity index (χ4n) is 2.78. The van der Waals surface area contributed by atoms with Crippen LogP contribution in [0, 0.1) is 5.92 Å². The Morgan fingerprint density at radius 3 is 2.64 bits per heavy atom. The Morgan fingerprint density at radius 1 is 1.23 bits per heavy atom. The lowest BCUT2D eigenvalue weighted by Crippen LogP contribution is -2.61. The van der Waals surface area contributed by atoms with Crippen LogP contribution in [0.3, 0.4) is 0 Å². The van der Waals surface area contributed by atoms with E-state index in [1.165, 1.54) is 5.56 Å². The number of aromatic nitrogens is 1. The standard InChI is InChI=1S/C18H24N2O2/c1-14(2)8-17-9-16(20-22-17)10-18(12-21-13-18)19-11-15-6-4-3-5-7-15/h3-7,9,14,19H,8,10-13H2,1-2H3. The second kappa shape index (κ2) is 6.63. The number of ether oxygens (including phenoxy) is 1. The molecule has 1 saturated heterocycles. The summed E-state index contributed by atoms with van der Waals surface area (Å²) in [6.07, 6.45) is 1.79. The average Bonchev–Trinajstić information content (AvgIpc) is 2.89. The summed E-state index contributed by atoms with van der Waals surface area (Å²) in [5.41, 5.74) is 2.29. The minimum Gasteiger partial charge on any atom is -0.377 e. The number of hydrogen-bond donors (Lipinski definition) is 1. The summed E-state index contributed by atoms with van der Waals surface area (Å²) in [6, 6.07) is 12.5. The van der Waals surface area contributed by atoms with E-state index in [0.717, 1.165) is 44.1 Å². The molecule has 22 heavy (non-hydrogen) atoms. The van der Waals surface area contributed by atoms with Crippen molar-refractivity contribution in [1.29, 1.82) is 0 Å². The quantitative estimate of drug-likeness (QED) is 0.854. The highest BCUT2D eigenvalue weighted by Crippen LogP contribution is 2.23. The zero-order chi connectivity index (χ0) is 15.4. The van der Waals surface area contributed by atoms with Gasteiger partial charge in [-0.1, -0.05) is 49.3 Å². The highest BCUT2D eigenvalue weighted by atomic mass is 16.5. The van der Waals surface area contributed by atoms with Gasteiger partial charge < -0.3 is 14.6 Å². The molecule has 1 aliphatic rings. The van der Waals surface area contributed by atoms with E-state index in [1.807, 2.05) is 6.07 Å². The van der Waals surface area contributed by atoms with E-state index in [9.17, 15) is 0 Å². The summed E-state index contributed by atoms with van der Waals surface area (Å²) in [4.78, 5) is 0. The maximum atomic E-state index is 5.45. The monoisotopic (exact) mass is 300 g/mol. The molecule has 118 valence electrons. The van der Waals surface area contributed by atoms with Crippen molar-refractivity contribution in [2.24, 2.45) is 5.92 Å². The molecule has 1 aromatic carbocycles. The van der Waals surface area contributed by atoms with E-state index < -0.39 is 0 Å². The normalized spacial score (nSPS) is 16.7. The van der Waals surface area contributed by atoms with E-state index in [4.69, 9.17) is 9.26 Å². The van der Waals surface area contributed by atoms with E-state index in [0.29, 0.717) is 5.92 Å². The van der Waals surface area contributed by atoms with Gasteiger partial charge in [0.25, 0.3) is 0 Å². The van der Waals surface area contributed by atoms with Crippen molar-refractivity contribution in [2.75, 3.05) is 13.2 Å². The molecule has 2 heterocycles. The first-order valence-corrected chi connectivity index (χ1v) is 7.96. The van der Waals surface area contributed by atoms with Crippen LogP contribution in [-0.2, 0) is 24.1 Å². The Bertz CT molecular complexity index is 588. The van der Waals surface area contributed by atoms with Crippen molar-refractivity contribution in [1.82, 2.24) is 10.5 Å². The minimum atomic E-state index is -0.0121. The van der Waals surface area contributed by atoms with Crippen molar-refractivity contribution in [2.45, 2.75) is 38.8 Å². The lowest BCUT2D eigenvalue weighted by atomic mass is 9.90. The third-order valence-corrected chi connectivity index (χ3v) is 4.00. The second-order valence-corrected chi connectivity index (χ2v) is 6.67. The molecule has 0 bridgehead atoms. The van der Waals surface area contributed by atoms with E-state index in [-0.39, 0.29) is 5.54 Å². The molecule has 0 amide bonds. The van der Waals surface area contributed by atoms with Crippen LogP contribution in [0.5, 0.6) is 0 Å². The smallest absolute Gasteiger partial charge is 0.137 e. The summed E-state index contributed by atoms with van der Waals surface area (Å²) in [5.74, 6) is 1.56. The van der Waals surface area contributed by atoms with E-state index >= 15 is 0 Å². The molecule has 0 aliphatic carbocycles. The predicted octanol–water partition coefficient (Wildman–Crippen LogP) is 2.97. The van der Waals surface area contributed by atoms with Crippen LogP contribution in [0.25, 0.3) is 0 Å². The Balaban J connectivity index is 1.60. The molecule has 1 N–H and O–H groups in total. The number of benzene rings is 1. The lowest BCUT2D eigenvalue weighted by Gasteiger charge is -2.42. The topological polar surface area (TPSA) is 47.3 Å². The Labute approximate surface area is 131 Å². The Kier molecular flexibility index (Phi) is 4.60. The van der Waals surface area contributed by atoms with Gasteiger partial charge in [0, 0.05) is 25.5 Å². The van der Waals surface area contributed by atoms with Gasteiger partial charge in [-0.2, -0.15) is 0 Å². The molecule has 4 nitrogen and oxygen atoms in total. The van der Waals surface area contributed by atoms with Crippen molar-refractivity contribution in [3.63, 3.8) is 0 Å². The summed E-state index contributed by atoms with van der Waals surface area (Å²) in [7, 11) is 0.